The van der Waals surface area contributed by atoms with E-state index in [1.165, 1.54) is 18.2 Å². The third-order valence-corrected chi connectivity index (χ3v) is 4.51. The van der Waals surface area contributed by atoms with Gasteiger partial charge < -0.3 is 10.8 Å². The number of nitrogens with two attached hydrogens (primary N) is 1. The molecule has 4 N–H and O–H groups in total. The Labute approximate surface area is 105 Å². The van der Waals surface area contributed by atoms with Gasteiger partial charge in [0.05, 0.1) is 10.5 Å². The van der Waals surface area contributed by atoms with E-state index in [9.17, 15) is 13.2 Å². The van der Waals surface area contributed by atoms with E-state index in [4.69, 9.17) is 10.8 Å². The van der Waals surface area contributed by atoms with Crippen molar-refractivity contribution in [1.29, 1.82) is 0 Å². The number of nitrogen functional groups attached to an aromatic ring is 1. The Morgan fingerprint density at radius 2 is 2.06 bits per heavy atom. The molecule has 6 nitrogen and oxygen atoms in total. The Balaban J connectivity index is 2.41. The number of carbonyl (C=O) groups is 1. The Morgan fingerprint density at radius 3 is 2.56 bits per heavy atom. The van der Waals surface area contributed by atoms with Gasteiger partial charge in [0.15, 0.2) is 0 Å². The molecule has 1 fully saturated rings. The van der Waals surface area contributed by atoms with Gasteiger partial charge >= 0.3 is 5.97 Å². The highest BCUT2D eigenvalue weighted by molar-refractivity contribution is 7.89. The van der Waals surface area contributed by atoms with Crippen molar-refractivity contribution >= 4 is 21.7 Å². The first-order chi connectivity index (χ1) is 8.40. The van der Waals surface area contributed by atoms with Crippen molar-refractivity contribution in [2.45, 2.75) is 30.2 Å². The third kappa shape index (κ3) is 2.46. The summed E-state index contributed by atoms with van der Waals surface area (Å²) in [6.45, 7) is 0. The molecule has 2 rings (SSSR count). The number of hydrogen-bond acceptors (Lipinski definition) is 4. The molecule has 1 aliphatic rings. The van der Waals surface area contributed by atoms with Crippen LogP contribution in [0.2, 0.25) is 0 Å². The van der Waals surface area contributed by atoms with E-state index in [1.807, 2.05) is 0 Å². The maximum absolute atomic E-state index is 12.1. The van der Waals surface area contributed by atoms with E-state index in [2.05, 4.69) is 4.72 Å². The van der Waals surface area contributed by atoms with E-state index < -0.39 is 16.0 Å². The van der Waals surface area contributed by atoms with Crippen LogP contribution in [0.5, 0.6) is 0 Å². The minimum atomic E-state index is -3.83. The number of nitrogens with one attached hydrogen (secondary N) is 1. The van der Waals surface area contributed by atoms with Crippen molar-refractivity contribution in [3.8, 4) is 0 Å². The molecule has 18 heavy (non-hydrogen) atoms. The van der Waals surface area contributed by atoms with Gasteiger partial charge in [-0.15, -0.1) is 0 Å². The average molecular weight is 270 g/mol. The highest BCUT2D eigenvalue weighted by atomic mass is 32.2. The van der Waals surface area contributed by atoms with Crippen LogP contribution in [0.4, 0.5) is 5.69 Å². The van der Waals surface area contributed by atoms with Crippen molar-refractivity contribution in [3.05, 3.63) is 23.8 Å². The molecule has 1 aromatic rings. The van der Waals surface area contributed by atoms with Crippen LogP contribution in [-0.4, -0.2) is 25.5 Å². The smallest absolute Gasteiger partial charge is 0.337 e. The molecule has 7 heteroatoms. The standard InChI is InChI=1S/C11H14N2O4S/c12-7-4-5-9(11(14)15)10(6-7)18(16,17)13-8-2-1-3-8/h4-6,8,13H,1-3,12H2,(H,14,15). The average Bonchev–Trinajstić information content (AvgIpc) is 2.23. The summed E-state index contributed by atoms with van der Waals surface area (Å²) >= 11 is 0. The Hall–Kier alpha value is -1.60. The van der Waals surface area contributed by atoms with Crippen molar-refractivity contribution in [3.63, 3.8) is 0 Å². The minimum Gasteiger partial charge on any atom is -0.478 e. The molecule has 0 heterocycles. The van der Waals surface area contributed by atoms with Gasteiger partial charge in [0.1, 0.15) is 0 Å². The van der Waals surface area contributed by atoms with Gasteiger partial charge in [0.2, 0.25) is 10.0 Å². The second-order valence-electron chi connectivity index (χ2n) is 4.31. The van der Waals surface area contributed by atoms with E-state index in [-0.39, 0.29) is 22.2 Å². The summed E-state index contributed by atoms with van der Waals surface area (Å²) in [5.74, 6) is -1.29. The van der Waals surface area contributed by atoms with Crippen molar-refractivity contribution in [1.82, 2.24) is 4.72 Å². The topological polar surface area (TPSA) is 109 Å². The van der Waals surface area contributed by atoms with Crippen LogP contribution < -0.4 is 10.5 Å². The highest BCUT2D eigenvalue weighted by Gasteiger charge is 2.28. The number of hydrogen-bond donors (Lipinski definition) is 3. The monoisotopic (exact) mass is 270 g/mol. The Morgan fingerprint density at radius 1 is 1.39 bits per heavy atom. The lowest BCUT2D eigenvalue weighted by atomic mass is 9.94. The fourth-order valence-electron chi connectivity index (χ4n) is 1.75. The predicted molar refractivity (Wildman–Crippen MR) is 65.8 cm³/mol. The molecule has 0 saturated heterocycles. The van der Waals surface area contributed by atoms with Crippen molar-refractivity contribution < 1.29 is 18.3 Å². The molecule has 0 amide bonds. The van der Waals surface area contributed by atoms with Gasteiger partial charge in [-0.25, -0.2) is 17.9 Å². The molecule has 1 aliphatic carbocycles. The number of carboxylic acids is 1. The van der Waals surface area contributed by atoms with E-state index in [0.717, 1.165) is 19.3 Å². The van der Waals surface area contributed by atoms with Crippen molar-refractivity contribution in [2.24, 2.45) is 0 Å². The summed E-state index contributed by atoms with van der Waals surface area (Å²) in [6.07, 6.45) is 2.55. The van der Waals surface area contributed by atoms with Crippen LogP contribution in [0, 0.1) is 0 Å². The van der Waals surface area contributed by atoms with Crippen LogP contribution in [0.3, 0.4) is 0 Å². The zero-order valence-corrected chi connectivity index (χ0v) is 10.4. The summed E-state index contributed by atoms with van der Waals surface area (Å²) < 4.78 is 26.7. The molecule has 0 radical (unpaired) electrons. The highest BCUT2D eigenvalue weighted by Crippen LogP contribution is 2.24. The molecule has 0 unspecified atom stereocenters. The molecule has 0 spiro atoms. The summed E-state index contributed by atoms with van der Waals surface area (Å²) in [5.41, 5.74) is 5.47. The SMILES string of the molecule is Nc1ccc(C(=O)O)c(S(=O)(=O)NC2CCC2)c1. The van der Waals surface area contributed by atoms with Gasteiger partial charge in [0, 0.05) is 11.7 Å². The number of benzene rings is 1. The molecule has 0 aliphatic heterocycles. The largest absolute Gasteiger partial charge is 0.478 e. The zero-order chi connectivity index (χ0) is 13.3. The molecular formula is C11H14N2O4S. The Bertz CT molecular complexity index is 579. The maximum Gasteiger partial charge on any atom is 0.337 e. The quantitative estimate of drug-likeness (QED) is 0.701. The number of anilines is 1. The predicted octanol–water partition coefficient (Wildman–Crippen LogP) is 0.798. The summed E-state index contributed by atoms with van der Waals surface area (Å²) in [5, 5.41) is 8.99. The Kier molecular flexibility index (Phi) is 3.27. The molecular weight excluding hydrogens is 256 g/mol. The van der Waals surface area contributed by atoms with Crippen LogP contribution in [0.15, 0.2) is 23.1 Å². The lowest BCUT2D eigenvalue weighted by Crippen LogP contribution is -2.39. The van der Waals surface area contributed by atoms with Crippen molar-refractivity contribution in [2.75, 3.05) is 5.73 Å². The van der Waals surface area contributed by atoms with Gasteiger partial charge in [-0.2, -0.15) is 0 Å². The summed E-state index contributed by atoms with van der Waals surface area (Å²) in [6, 6.07) is 3.64. The fraction of sp³-hybridized carbons (Fsp3) is 0.364. The minimum absolute atomic E-state index is 0.0990. The van der Waals surface area contributed by atoms with Crippen LogP contribution in [0.25, 0.3) is 0 Å². The third-order valence-electron chi connectivity index (χ3n) is 2.95. The first kappa shape index (κ1) is 12.8. The number of sulfonamides is 1. The van der Waals surface area contributed by atoms with Gasteiger partial charge in [0.25, 0.3) is 0 Å². The van der Waals surface area contributed by atoms with Gasteiger partial charge in [-0.3, -0.25) is 0 Å². The van der Waals surface area contributed by atoms with Crippen LogP contribution in [0.1, 0.15) is 29.6 Å². The summed E-state index contributed by atoms with van der Waals surface area (Å²) in [4.78, 5) is 10.7. The molecule has 0 atom stereocenters. The van der Waals surface area contributed by atoms with E-state index >= 15 is 0 Å². The molecule has 0 bridgehead atoms. The van der Waals surface area contributed by atoms with Crippen LogP contribution >= 0.6 is 0 Å². The lowest BCUT2D eigenvalue weighted by Gasteiger charge is -2.26. The first-order valence-corrected chi connectivity index (χ1v) is 7.03. The summed E-state index contributed by atoms with van der Waals surface area (Å²) in [7, 11) is -3.83. The molecule has 1 saturated carbocycles. The first-order valence-electron chi connectivity index (χ1n) is 5.55. The molecule has 1 aromatic carbocycles. The second-order valence-corrected chi connectivity index (χ2v) is 5.99. The number of carboxylic acid groups (broad SMARTS) is 1. The number of rotatable bonds is 4. The van der Waals surface area contributed by atoms with Gasteiger partial charge in [-0.05, 0) is 31.0 Å². The van der Waals surface area contributed by atoms with E-state index in [0.29, 0.717) is 0 Å². The fourth-order valence-corrected chi connectivity index (χ4v) is 3.28. The zero-order valence-electron chi connectivity index (χ0n) is 9.59. The normalized spacial score (nSPS) is 16.2. The molecule has 98 valence electrons. The molecule has 0 aromatic heterocycles. The number of aromatic carboxylic acids is 1. The van der Waals surface area contributed by atoms with Gasteiger partial charge in [-0.1, -0.05) is 6.42 Å². The second kappa shape index (κ2) is 4.58. The maximum atomic E-state index is 12.1. The lowest BCUT2D eigenvalue weighted by molar-refractivity contribution is 0.0692. The van der Waals surface area contributed by atoms with Crippen LogP contribution in [-0.2, 0) is 10.0 Å². The van der Waals surface area contributed by atoms with E-state index in [1.54, 1.807) is 0 Å².